The molecule has 19 heavy (non-hydrogen) atoms. The van der Waals surface area contributed by atoms with Crippen LogP contribution in [-0.4, -0.2) is 23.0 Å². The molecule has 0 bridgehead atoms. The highest BCUT2D eigenvalue weighted by Gasteiger charge is 2.15. The minimum Gasteiger partial charge on any atom is -0.478 e. The van der Waals surface area contributed by atoms with Gasteiger partial charge in [0, 0.05) is 22.4 Å². The van der Waals surface area contributed by atoms with Crippen LogP contribution in [0.25, 0.3) is 6.08 Å². The lowest BCUT2D eigenvalue weighted by Crippen LogP contribution is -2.36. The molecule has 1 rings (SSSR count). The van der Waals surface area contributed by atoms with E-state index in [-0.39, 0.29) is 11.9 Å². The summed E-state index contributed by atoms with van der Waals surface area (Å²) < 4.78 is 0. The van der Waals surface area contributed by atoms with Crippen LogP contribution < -0.4 is 5.32 Å². The third-order valence-electron chi connectivity index (χ3n) is 3.13. The number of carbonyl (C=O) groups is 2. The highest BCUT2D eigenvalue weighted by Crippen LogP contribution is 2.17. The fraction of sp³-hybridized carbons (Fsp3) is 0.429. The first kappa shape index (κ1) is 15.4. The third-order valence-corrected chi connectivity index (χ3v) is 4.03. The molecule has 5 heteroatoms. The Morgan fingerprint density at radius 3 is 2.74 bits per heavy atom. The lowest BCUT2D eigenvalue weighted by Gasteiger charge is -2.19. The highest BCUT2D eigenvalue weighted by atomic mass is 32.1. The summed E-state index contributed by atoms with van der Waals surface area (Å²) in [7, 11) is 0. The van der Waals surface area contributed by atoms with Gasteiger partial charge in [-0.05, 0) is 25.0 Å². The summed E-state index contributed by atoms with van der Waals surface area (Å²) in [4.78, 5) is 23.1. The molecule has 0 aliphatic rings. The minimum absolute atomic E-state index is 0.112. The molecule has 2 unspecified atom stereocenters. The van der Waals surface area contributed by atoms with Crippen LogP contribution in [0.2, 0.25) is 0 Å². The second-order valence-corrected chi connectivity index (χ2v) is 5.50. The number of carboxylic acids is 1. The fourth-order valence-corrected chi connectivity index (χ4v) is 2.28. The largest absolute Gasteiger partial charge is 0.478 e. The van der Waals surface area contributed by atoms with E-state index in [1.165, 1.54) is 17.4 Å². The van der Waals surface area contributed by atoms with Gasteiger partial charge in [-0.25, -0.2) is 4.79 Å². The molecule has 0 aromatic carbocycles. The van der Waals surface area contributed by atoms with E-state index in [0.717, 1.165) is 17.4 Å². The number of aliphatic carboxylic acids is 1. The number of thiophene rings is 1. The van der Waals surface area contributed by atoms with Crippen molar-refractivity contribution in [2.75, 3.05) is 0 Å². The van der Waals surface area contributed by atoms with Crippen LogP contribution in [-0.2, 0) is 4.79 Å². The fourth-order valence-electron chi connectivity index (χ4n) is 1.50. The van der Waals surface area contributed by atoms with Crippen LogP contribution in [0.5, 0.6) is 0 Å². The summed E-state index contributed by atoms with van der Waals surface area (Å²) >= 11 is 1.35. The molecule has 0 aliphatic heterocycles. The quantitative estimate of drug-likeness (QED) is 0.788. The Bertz CT molecular complexity index is 479. The maximum absolute atomic E-state index is 12.0. The monoisotopic (exact) mass is 281 g/mol. The first-order chi connectivity index (χ1) is 8.93. The van der Waals surface area contributed by atoms with Crippen molar-refractivity contribution in [1.82, 2.24) is 5.32 Å². The van der Waals surface area contributed by atoms with Crippen molar-refractivity contribution in [1.29, 1.82) is 0 Å². The first-order valence-electron chi connectivity index (χ1n) is 6.24. The van der Waals surface area contributed by atoms with Gasteiger partial charge in [-0.2, -0.15) is 0 Å². The van der Waals surface area contributed by atoms with Gasteiger partial charge in [0.2, 0.25) is 0 Å². The molecule has 0 saturated heterocycles. The number of hydrogen-bond donors (Lipinski definition) is 2. The van der Waals surface area contributed by atoms with Crippen molar-refractivity contribution in [3.63, 3.8) is 0 Å². The molecule has 0 saturated carbocycles. The van der Waals surface area contributed by atoms with Gasteiger partial charge < -0.3 is 10.4 Å². The number of carboxylic acid groups (broad SMARTS) is 1. The zero-order valence-electron chi connectivity index (χ0n) is 11.3. The zero-order chi connectivity index (χ0) is 14.4. The summed E-state index contributed by atoms with van der Waals surface area (Å²) in [6, 6.07) is 1.82. The van der Waals surface area contributed by atoms with Crippen LogP contribution in [0.15, 0.2) is 17.5 Å². The Morgan fingerprint density at radius 2 is 2.16 bits per heavy atom. The molecule has 2 atom stereocenters. The maximum atomic E-state index is 12.0. The minimum atomic E-state index is -0.996. The van der Waals surface area contributed by atoms with Crippen molar-refractivity contribution in [3.8, 4) is 0 Å². The summed E-state index contributed by atoms with van der Waals surface area (Å²) in [5.74, 6) is -0.683. The molecule has 1 aromatic heterocycles. The number of amides is 1. The molecule has 104 valence electrons. The van der Waals surface area contributed by atoms with Crippen molar-refractivity contribution in [2.45, 2.75) is 33.2 Å². The van der Waals surface area contributed by atoms with E-state index in [1.807, 2.05) is 6.92 Å². The van der Waals surface area contributed by atoms with Crippen LogP contribution in [0.3, 0.4) is 0 Å². The Balaban J connectivity index is 2.66. The van der Waals surface area contributed by atoms with Crippen molar-refractivity contribution >= 4 is 29.3 Å². The van der Waals surface area contributed by atoms with E-state index in [9.17, 15) is 9.59 Å². The average Bonchev–Trinajstić information content (AvgIpc) is 2.84. The smallest absolute Gasteiger partial charge is 0.328 e. The Hall–Kier alpha value is -1.62. The lowest BCUT2D eigenvalue weighted by atomic mass is 10.0. The van der Waals surface area contributed by atoms with Gasteiger partial charge in [-0.3, -0.25) is 4.79 Å². The third kappa shape index (κ3) is 4.87. The number of hydrogen-bond acceptors (Lipinski definition) is 3. The van der Waals surface area contributed by atoms with Gasteiger partial charge in [-0.15, -0.1) is 11.3 Å². The predicted molar refractivity (Wildman–Crippen MR) is 77.4 cm³/mol. The van der Waals surface area contributed by atoms with Crippen LogP contribution in [0.1, 0.15) is 42.4 Å². The van der Waals surface area contributed by atoms with E-state index in [2.05, 4.69) is 19.2 Å². The zero-order valence-corrected chi connectivity index (χ0v) is 12.2. The molecule has 0 spiro atoms. The van der Waals surface area contributed by atoms with Gasteiger partial charge >= 0.3 is 5.97 Å². The van der Waals surface area contributed by atoms with Crippen LogP contribution in [0.4, 0.5) is 0 Å². The molecular weight excluding hydrogens is 262 g/mol. The molecular formula is C14H19NO3S. The second-order valence-electron chi connectivity index (χ2n) is 4.56. The average molecular weight is 281 g/mol. The topological polar surface area (TPSA) is 66.4 Å². The summed E-state index contributed by atoms with van der Waals surface area (Å²) in [6.07, 6.45) is 3.56. The van der Waals surface area contributed by atoms with Gasteiger partial charge in [0.25, 0.3) is 5.91 Å². The molecule has 0 aliphatic carbocycles. The molecule has 1 aromatic rings. The molecule has 1 amide bonds. The maximum Gasteiger partial charge on any atom is 0.328 e. The molecule has 0 radical (unpaired) electrons. The van der Waals surface area contributed by atoms with Crippen molar-refractivity contribution in [3.05, 3.63) is 28.0 Å². The van der Waals surface area contributed by atoms with Crippen molar-refractivity contribution in [2.24, 2.45) is 5.92 Å². The van der Waals surface area contributed by atoms with E-state index >= 15 is 0 Å². The van der Waals surface area contributed by atoms with Gasteiger partial charge in [0.15, 0.2) is 0 Å². The molecule has 4 nitrogen and oxygen atoms in total. The van der Waals surface area contributed by atoms with Crippen LogP contribution >= 0.6 is 11.3 Å². The van der Waals surface area contributed by atoms with E-state index in [1.54, 1.807) is 11.4 Å². The normalized spacial score (nSPS) is 14.3. The lowest BCUT2D eigenvalue weighted by molar-refractivity contribution is -0.131. The van der Waals surface area contributed by atoms with E-state index < -0.39 is 5.97 Å². The SMILES string of the molecule is CCC(C)C(C)NC(=O)c1csc(C=CC(=O)O)c1. The summed E-state index contributed by atoms with van der Waals surface area (Å²) in [6.45, 7) is 6.18. The van der Waals surface area contributed by atoms with Gasteiger partial charge in [-0.1, -0.05) is 20.3 Å². The Morgan fingerprint density at radius 1 is 1.47 bits per heavy atom. The van der Waals surface area contributed by atoms with Crippen LogP contribution in [0, 0.1) is 5.92 Å². The summed E-state index contributed by atoms with van der Waals surface area (Å²) in [5.41, 5.74) is 0.574. The standard InChI is InChI=1S/C14H19NO3S/c1-4-9(2)10(3)15-14(18)11-7-12(19-8-11)5-6-13(16)17/h5-10H,4H2,1-3H3,(H,15,18)(H,16,17). The van der Waals surface area contributed by atoms with Gasteiger partial charge in [0.1, 0.15) is 0 Å². The van der Waals surface area contributed by atoms with E-state index in [0.29, 0.717) is 11.5 Å². The second kappa shape index (κ2) is 7.09. The molecule has 1 heterocycles. The highest BCUT2D eigenvalue weighted by molar-refractivity contribution is 7.11. The predicted octanol–water partition coefficient (Wildman–Crippen LogP) is 3.01. The Kier molecular flexibility index (Phi) is 5.76. The Labute approximate surface area is 117 Å². The van der Waals surface area contributed by atoms with Gasteiger partial charge in [0.05, 0.1) is 5.56 Å². The molecule has 0 fully saturated rings. The summed E-state index contributed by atoms with van der Waals surface area (Å²) in [5, 5.41) is 13.2. The molecule has 2 N–H and O–H groups in total. The number of nitrogens with one attached hydrogen (secondary N) is 1. The van der Waals surface area contributed by atoms with Crippen molar-refractivity contribution < 1.29 is 14.7 Å². The number of carbonyl (C=O) groups excluding carboxylic acids is 1. The number of rotatable bonds is 6. The van der Waals surface area contributed by atoms with E-state index in [4.69, 9.17) is 5.11 Å². The first-order valence-corrected chi connectivity index (χ1v) is 7.12.